The predicted octanol–water partition coefficient (Wildman–Crippen LogP) is 18.9. The van der Waals surface area contributed by atoms with Crippen molar-refractivity contribution >= 4 is 0 Å². The summed E-state index contributed by atoms with van der Waals surface area (Å²) in [5, 5.41) is 41.8. The van der Waals surface area contributed by atoms with Crippen LogP contribution in [0.4, 0.5) is 0 Å². The Balaban J connectivity index is 1.01. The van der Waals surface area contributed by atoms with Gasteiger partial charge in [-0.3, -0.25) is 0 Å². The van der Waals surface area contributed by atoms with Crippen molar-refractivity contribution in [2.45, 2.75) is 127 Å². The zero-order valence-electron chi connectivity index (χ0n) is 57.6. The van der Waals surface area contributed by atoms with E-state index in [-0.39, 0.29) is 50.1 Å². The summed E-state index contributed by atoms with van der Waals surface area (Å²) in [7, 11) is 0. The van der Waals surface area contributed by atoms with Crippen molar-refractivity contribution < 1.29 is 58.3 Å². The molecule has 12 heteroatoms. The number of aliphatic hydroxyl groups excluding tert-OH is 4. The first-order valence-electron chi connectivity index (χ1n) is 36.3. The summed E-state index contributed by atoms with van der Waals surface area (Å²) >= 11 is 0. The molecule has 0 saturated heterocycles. The van der Waals surface area contributed by atoms with Gasteiger partial charge in [0.2, 0.25) is 0 Å². The maximum Gasteiger partial charge on any atom is 0.267 e. The lowest BCUT2D eigenvalue weighted by Gasteiger charge is -2.38. The van der Waals surface area contributed by atoms with Crippen LogP contribution < -0.4 is 37.9 Å². The van der Waals surface area contributed by atoms with Gasteiger partial charge in [-0.2, -0.15) is 0 Å². The van der Waals surface area contributed by atoms with E-state index in [1.54, 1.807) is 0 Å². The number of hydrogen-bond acceptors (Lipinski definition) is 12. The molecule has 0 unspecified atom stereocenters. The predicted molar refractivity (Wildman–Crippen MR) is 398 cm³/mol. The molecule has 0 amide bonds. The van der Waals surface area contributed by atoms with Crippen molar-refractivity contribution in [2.75, 3.05) is 0 Å². The van der Waals surface area contributed by atoms with Crippen LogP contribution in [0.15, 0.2) is 267 Å². The van der Waals surface area contributed by atoms with Crippen LogP contribution in [0.1, 0.15) is 186 Å². The largest absolute Gasteiger partial charge is 0.450 e. The van der Waals surface area contributed by atoms with Crippen LogP contribution in [-0.2, 0) is 52.1 Å². The Labute approximate surface area is 605 Å². The number of benzene rings is 12. The van der Waals surface area contributed by atoms with Crippen LogP contribution in [0.5, 0.6) is 46.0 Å². The van der Waals surface area contributed by atoms with Crippen LogP contribution in [0.25, 0.3) is 0 Å². The third kappa shape index (κ3) is 13.5. The van der Waals surface area contributed by atoms with Crippen molar-refractivity contribution in [1.29, 1.82) is 0 Å². The molecule has 0 spiro atoms. The van der Waals surface area contributed by atoms with E-state index in [1.165, 1.54) is 22.3 Å². The summed E-state index contributed by atoms with van der Waals surface area (Å²) in [4.78, 5) is 0. The lowest BCUT2D eigenvalue weighted by atomic mass is 9.75. The first kappa shape index (κ1) is 66.1. The normalized spacial score (nSPS) is 19.3. The van der Waals surface area contributed by atoms with E-state index in [0.717, 1.165) is 66.8 Å². The Hall–Kier alpha value is -11.1. The highest BCUT2D eigenvalue weighted by Gasteiger charge is 2.42. The van der Waals surface area contributed by atoms with Crippen LogP contribution in [0.2, 0.25) is 0 Å². The summed E-state index contributed by atoms with van der Waals surface area (Å²) in [6, 6.07) is 91.1. The molecule has 4 heterocycles. The number of aryl methyl sites for hydroxylation is 4. The zero-order valence-corrected chi connectivity index (χ0v) is 57.6. The van der Waals surface area contributed by atoms with Gasteiger partial charge in [-0.1, -0.05) is 218 Å². The molecule has 4 N–H and O–H groups in total. The molecule has 8 bridgehead atoms. The molecule has 0 aromatic heterocycles. The molecule has 0 radical (unpaired) electrons. The van der Waals surface area contributed by atoms with Gasteiger partial charge < -0.3 is 58.3 Å². The van der Waals surface area contributed by atoms with E-state index in [1.807, 2.05) is 97.1 Å². The molecule has 12 aromatic rings. The lowest BCUT2D eigenvalue weighted by molar-refractivity contribution is -0.0120. The minimum Gasteiger partial charge on any atom is -0.450 e. The smallest absolute Gasteiger partial charge is 0.267 e. The topological polar surface area (TPSA) is 155 Å². The Morgan fingerprint density at radius 2 is 0.365 bits per heavy atom. The minimum atomic E-state index is -1.05. The SMILES string of the molecule is OCc1ccc(C2Oc3cc4c5cc3C(CCc3ccccc3)c3cc6c(cc3O2)OC(c2ccc(CO)cc2)Oc2cc3c(cc2C6CCc2ccccc2)C(CCc2ccccc2)c2cc(c(cc2OC(c2ccc(CO)cc2)O3)OC(c2ccc(CO)cc2)O4)C5CCc2ccccc2)cc1. The van der Waals surface area contributed by atoms with Crippen LogP contribution >= 0.6 is 0 Å². The number of rotatable bonds is 20. The lowest BCUT2D eigenvalue weighted by Crippen LogP contribution is -2.26. The molecule has 4 aliphatic heterocycles. The van der Waals surface area contributed by atoms with Gasteiger partial charge in [-0.15, -0.1) is 0 Å². The van der Waals surface area contributed by atoms with E-state index in [4.69, 9.17) is 37.9 Å². The Morgan fingerprint density at radius 3 is 0.529 bits per heavy atom. The van der Waals surface area contributed by atoms with Crippen LogP contribution in [-0.4, -0.2) is 20.4 Å². The number of ether oxygens (including phenoxy) is 8. The molecule has 12 aromatic carbocycles. The van der Waals surface area contributed by atoms with Gasteiger partial charge in [0.05, 0.1) is 26.4 Å². The Morgan fingerprint density at radius 1 is 0.192 bits per heavy atom. The van der Waals surface area contributed by atoms with Gasteiger partial charge in [0.25, 0.3) is 25.2 Å². The van der Waals surface area contributed by atoms with Gasteiger partial charge in [-0.05, 0) is 120 Å². The van der Waals surface area contributed by atoms with Gasteiger partial charge >= 0.3 is 0 Å². The average molecular weight is 1380 g/mol. The third-order valence-corrected chi connectivity index (χ3v) is 21.4. The monoisotopic (exact) mass is 1380 g/mol. The van der Waals surface area contributed by atoms with E-state index < -0.39 is 25.2 Å². The highest BCUT2D eigenvalue weighted by Crippen LogP contribution is 2.58. The molecule has 1 aliphatic carbocycles. The molecule has 0 saturated carbocycles. The molecular weight excluding hydrogens is 1300 g/mol. The quantitative estimate of drug-likeness (QED) is 0.0574. The second kappa shape index (κ2) is 29.3. The van der Waals surface area contributed by atoms with Gasteiger partial charge in [-0.25, -0.2) is 0 Å². The zero-order chi connectivity index (χ0) is 70.0. The molecule has 104 heavy (non-hydrogen) atoms. The maximum atomic E-state index is 10.4. The molecule has 17 rings (SSSR count). The highest BCUT2D eigenvalue weighted by atomic mass is 16.7. The fourth-order valence-electron chi connectivity index (χ4n) is 15.8. The second-order valence-corrected chi connectivity index (χ2v) is 27.9. The summed E-state index contributed by atoms with van der Waals surface area (Å²) in [6.07, 6.45) is 1.17. The second-order valence-electron chi connectivity index (χ2n) is 27.9. The van der Waals surface area contributed by atoms with E-state index in [2.05, 4.69) is 170 Å². The summed E-state index contributed by atoms with van der Waals surface area (Å²) < 4.78 is 60.7. The van der Waals surface area contributed by atoms with Crippen molar-refractivity contribution in [3.05, 3.63) is 378 Å². The fraction of sp³-hybridized carbons (Fsp3) is 0.217. The Bertz CT molecular complexity index is 4240. The average Bonchev–Trinajstić information content (AvgIpc) is 0.719. The summed E-state index contributed by atoms with van der Waals surface area (Å²) in [5.41, 5.74) is 18.1. The Kier molecular flexibility index (Phi) is 18.6. The van der Waals surface area contributed by atoms with Crippen molar-refractivity contribution in [3.63, 3.8) is 0 Å². The van der Waals surface area contributed by atoms with Crippen LogP contribution in [0.3, 0.4) is 0 Å². The van der Waals surface area contributed by atoms with Crippen molar-refractivity contribution in [3.8, 4) is 46.0 Å². The number of aliphatic hydroxyl groups is 4. The highest BCUT2D eigenvalue weighted by molar-refractivity contribution is 5.65. The molecule has 12 nitrogen and oxygen atoms in total. The standard InChI is InChI=1S/C92H80O12/c93-53-61-21-33-65(34-22-61)89-97-81-49-83-75-45-73(81)69(41-29-57-13-5-1-6-14-57)74-46-76-71(43-31-59-17-9-3-10-18-59)78-48-80-72(44-32-60-19-11-4-12-20-60)79-47-77(70(75)42-30-58-15-7-2-8-16-58)85(101-90(99-83)66-35-23-62(54-94)24-36-66)51-87(79)103-92(68-39-27-64(56-96)28-40-68)104-88(80)52-86(78)102-91(100-84(76)50-82(74)98-89)67-37-25-63(55-95)26-38-67/h1-28,33-40,45-52,69-72,89-96H,29-32,41-44,53-56H2. The van der Waals surface area contributed by atoms with E-state index in [9.17, 15) is 20.4 Å². The fourth-order valence-corrected chi connectivity index (χ4v) is 15.8. The third-order valence-electron chi connectivity index (χ3n) is 21.4. The van der Waals surface area contributed by atoms with E-state index in [0.29, 0.717) is 120 Å². The molecule has 5 aliphatic rings. The first-order valence-corrected chi connectivity index (χ1v) is 36.3. The summed E-state index contributed by atoms with van der Waals surface area (Å²) in [5.74, 6) is 3.01. The van der Waals surface area contributed by atoms with Crippen molar-refractivity contribution in [1.82, 2.24) is 0 Å². The van der Waals surface area contributed by atoms with Crippen LogP contribution in [0, 0.1) is 0 Å². The first-order chi connectivity index (χ1) is 51.3. The molecule has 520 valence electrons. The molecule has 0 fully saturated rings. The van der Waals surface area contributed by atoms with E-state index >= 15 is 0 Å². The minimum absolute atomic E-state index is 0.142. The number of hydrogen-bond donors (Lipinski definition) is 4. The molecular formula is C92H80O12. The maximum absolute atomic E-state index is 10.4. The molecule has 0 atom stereocenters. The van der Waals surface area contributed by atoms with Gasteiger partial charge in [0.15, 0.2) is 0 Å². The van der Waals surface area contributed by atoms with Gasteiger partial charge in [0, 0.05) is 115 Å². The van der Waals surface area contributed by atoms with Gasteiger partial charge in [0.1, 0.15) is 46.0 Å². The summed E-state index contributed by atoms with van der Waals surface area (Å²) in [6.45, 7) is -0.570. The van der Waals surface area contributed by atoms with Crippen molar-refractivity contribution in [2.24, 2.45) is 0 Å².